The van der Waals surface area contributed by atoms with Crippen LogP contribution in [0.2, 0.25) is 0 Å². The van der Waals surface area contributed by atoms with Gasteiger partial charge >= 0.3 is 5.97 Å². The average Bonchev–Trinajstić information content (AvgIpc) is 3.08. The molecule has 1 saturated carbocycles. The summed E-state index contributed by atoms with van der Waals surface area (Å²) in [7, 11) is 0. The SMILES string of the molecule is CC(C)(C)OC(=O)C1(C#N)NCC2CC21c1ccccc1. The van der Waals surface area contributed by atoms with E-state index in [9.17, 15) is 10.1 Å². The monoisotopic (exact) mass is 284 g/mol. The van der Waals surface area contributed by atoms with Gasteiger partial charge in [0.2, 0.25) is 5.54 Å². The summed E-state index contributed by atoms with van der Waals surface area (Å²) in [6.45, 7) is 6.15. The van der Waals surface area contributed by atoms with Gasteiger partial charge in [0.05, 0.1) is 6.07 Å². The van der Waals surface area contributed by atoms with Crippen LogP contribution in [0.15, 0.2) is 30.3 Å². The molecule has 1 heterocycles. The number of carbonyl (C=O) groups excluding carboxylic acids is 1. The maximum absolute atomic E-state index is 12.7. The zero-order valence-corrected chi connectivity index (χ0v) is 12.6. The highest BCUT2D eigenvalue weighted by Gasteiger charge is 2.76. The summed E-state index contributed by atoms with van der Waals surface area (Å²) in [6.07, 6.45) is 0.858. The standard InChI is InChI=1S/C17H20N2O2/c1-15(2,3)21-14(20)17(11-18)16(9-13(16)10-19-17)12-7-5-4-6-8-12/h4-8,13,19H,9-10H2,1-3H3. The Labute approximate surface area is 125 Å². The van der Waals surface area contributed by atoms with Gasteiger partial charge in [0, 0.05) is 12.0 Å². The van der Waals surface area contributed by atoms with Crippen molar-refractivity contribution in [3.63, 3.8) is 0 Å². The topological polar surface area (TPSA) is 62.1 Å². The maximum atomic E-state index is 12.7. The Morgan fingerprint density at radius 2 is 2.05 bits per heavy atom. The molecule has 1 aromatic rings. The van der Waals surface area contributed by atoms with E-state index in [0.717, 1.165) is 12.0 Å². The third kappa shape index (κ3) is 1.88. The fraction of sp³-hybridized carbons (Fsp3) is 0.529. The zero-order chi connectivity index (χ0) is 15.3. The molecule has 110 valence electrons. The molecule has 3 atom stereocenters. The molecule has 0 amide bonds. The van der Waals surface area contributed by atoms with Crippen LogP contribution in [0.25, 0.3) is 0 Å². The van der Waals surface area contributed by atoms with Crippen LogP contribution >= 0.6 is 0 Å². The first-order chi connectivity index (χ1) is 9.86. The quantitative estimate of drug-likeness (QED) is 0.845. The van der Waals surface area contributed by atoms with Gasteiger partial charge in [-0.1, -0.05) is 30.3 Å². The molecule has 21 heavy (non-hydrogen) atoms. The van der Waals surface area contributed by atoms with Gasteiger partial charge in [-0.2, -0.15) is 5.26 Å². The van der Waals surface area contributed by atoms with E-state index >= 15 is 0 Å². The lowest BCUT2D eigenvalue weighted by Crippen LogP contribution is -2.58. The van der Waals surface area contributed by atoms with E-state index in [0.29, 0.717) is 12.5 Å². The van der Waals surface area contributed by atoms with Crippen LogP contribution in [0, 0.1) is 17.2 Å². The molecule has 2 aliphatic rings. The highest BCUT2D eigenvalue weighted by Crippen LogP contribution is 2.64. The Hall–Kier alpha value is -1.86. The first-order valence-corrected chi connectivity index (χ1v) is 7.31. The van der Waals surface area contributed by atoms with Crippen molar-refractivity contribution in [2.24, 2.45) is 5.92 Å². The summed E-state index contributed by atoms with van der Waals surface area (Å²) >= 11 is 0. The van der Waals surface area contributed by atoms with E-state index < -0.39 is 22.5 Å². The Kier molecular flexibility index (Phi) is 2.90. The molecule has 1 N–H and O–H groups in total. The van der Waals surface area contributed by atoms with Crippen molar-refractivity contribution >= 4 is 5.97 Å². The molecule has 4 heteroatoms. The maximum Gasteiger partial charge on any atom is 0.342 e. The second-order valence-electron chi connectivity index (χ2n) is 6.98. The first-order valence-electron chi connectivity index (χ1n) is 7.31. The molecule has 0 spiro atoms. The third-order valence-electron chi connectivity index (χ3n) is 4.55. The van der Waals surface area contributed by atoms with Gasteiger partial charge in [-0.15, -0.1) is 0 Å². The fourth-order valence-corrected chi connectivity index (χ4v) is 3.57. The molecule has 1 saturated heterocycles. The first kappa shape index (κ1) is 14.1. The van der Waals surface area contributed by atoms with Crippen LogP contribution < -0.4 is 5.32 Å². The van der Waals surface area contributed by atoms with Gasteiger partial charge in [-0.3, -0.25) is 5.32 Å². The van der Waals surface area contributed by atoms with Crippen molar-refractivity contribution in [3.8, 4) is 6.07 Å². The van der Waals surface area contributed by atoms with Crippen molar-refractivity contribution in [3.05, 3.63) is 35.9 Å². The van der Waals surface area contributed by atoms with Gasteiger partial charge in [0.1, 0.15) is 5.60 Å². The van der Waals surface area contributed by atoms with Crippen LogP contribution in [0.5, 0.6) is 0 Å². The molecule has 3 unspecified atom stereocenters. The molecule has 4 nitrogen and oxygen atoms in total. The minimum absolute atomic E-state index is 0.326. The normalized spacial score (nSPS) is 33.9. The Bertz CT molecular complexity index is 614. The summed E-state index contributed by atoms with van der Waals surface area (Å²) in [5.74, 6) is -0.131. The molecular formula is C17H20N2O2. The van der Waals surface area contributed by atoms with Crippen LogP contribution in [-0.4, -0.2) is 23.7 Å². The zero-order valence-electron chi connectivity index (χ0n) is 12.6. The van der Waals surface area contributed by atoms with Crippen molar-refractivity contribution in [2.75, 3.05) is 6.54 Å². The second-order valence-corrected chi connectivity index (χ2v) is 6.98. The average molecular weight is 284 g/mol. The van der Waals surface area contributed by atoms with E-state index in [2.05, 4.69) is 11.4 Å². The molecule has 0 radical (unpaired) electrons. The smallest absolute Gasteiger partial charge is 0.342 e. The molecular weight excluding hydrogens is 264 g/mol. The molecule has 2 fully saturated rings. The summed E-state index contributed by atoms with van der Waals surface area (Å²) < 4.78 is 5.54. The predicted molar refractivity (Wildman–Crippen MR) is 78.4 cm³/mol. The Balaban J connectivity index is 2.03. The lowest BCUT2D eigenvalue weighted by Gasteiger charge is -2.33. The Morgan fingerprint density at radius 1 is 1.38 bits per heavy atom. The predicted octanol–water partition coefficient (Wildman–Crippen LogP) is 2.15. The Morgan fingerprint density at radius 3 is 2.57 bits per heavy atom. The highest BCUT2D eigenvalue weighted by atomic mass is 16.6. The van der Waals surface area contributed by atoms with Crippen molar-refractivity contribution in [1.29, 1.82) is 5.26 Å². The number of rotatable bonds is 2. The molecule has 3 rings (SSSR count). The minimum atomic E-state index is -1.27. The van der Waals surface area contributed by atoms with Crippen molar-refractivity contribution < 1.29 is 9.53 Å². The number of nitrogens with one attached hydrogen (secondary N) is 1. The van der Waals surface area contributed by atoms with Gasteiger partial charge in [0.15, 0.2) is 0 Å². The van der Waals surface area contributed by atoms with Gasteiger partial charge in [0.25, 0.3) is 0 Å². The number of nitriles is 1. The number of fused-ring (bicyclic) bond motifs is 1. The van der Waals surface area contributed by atoms with Gasteiger partial charge in [-0.05, 0) is 38.7 Å². The molecule has 0 bridgehead atoms. The lowest BCUT2D eigenvalue weighted by molar-refractivity contribution is -0.161. The van der Waals surface area contributed by atoms with E-state index in [4.69, 9.17) is 4.74 Å². The van der Waals surface area contributed by atoms with Crippen LogP contribution in [-0.2, 0) is 14.9 Å². The fourth-order valence-electron chi connectivity index (χ4n) is 3.57. The van der Waals surface area contributed by atoms with E-state index in [-0.39, 0.29) is 0 Å². The highest BCUT2D eigenvalue weighted by molar-refractivity contribution is 5.90. The second kappa shape index (κ2) is 4.32. The van der Waals surface area contributed by atoms with Crippen LogP contribution in [0.4, 0.5) is 0 Å². The lowest BCUT2D eigenvalue weighted by atomic mass is 9.77. The van der Waals surface area contributed by atoms with E-state index in [1.807, 2.05) is 51.1 Å². The van der Waals surface area contributed by atoms with Gasteiger partial charge in [-0.25, -0.2) is 4.79 Å². The molecule has 1 aliphatic heterocycles. The van der Waals surface area contributed by atoms with Crippen molar-refractivity contribution in [1.82, 2.24) is 5.32 Å². The number of hydrogen-bond donors (Lipinski definition) is 1. The minimum Gasteiger partial charge on any atom is -0.458 e. The summed E-state index contributed by atoms with van der Waals surface area (Å²) in [5, 5.41) is 12.9. The van der Waals surface area contributed by atoms with Crippen LogP contribution in [0.3, 0.4) is 0 Å². The summed E-state index contributed by atoms with van der Waals surface area (Å²) in [4.78, 5) is 12.7. The number of piperidine rings is 1. The molecule has 1 aromatic carbocycles. The third-order valence-corrected chi connectivity index (χ3v) is 4.55. The van der Waals surface area contributed by atoms with Crippen molar-refractivity contribution in [2.45, 2.75) is 43.7 Å². The number of carbonyl (C=O) groups is 1. The summed E-state index contributed by atoms with van der Waals surface area (Å²) in [5.41, 5.74) is -1.27. The molecule has 0 aromatic heterocycles. The van der Waals surface area contributed by atoms with Gasteiger partial charge < -0.3 is 4.74 Å². The summed E-state index contributed by atoms with van der Waals surface area (Å²) in [6, 6.07) is 12.1. The largest absolute Gasteiger partial charge is 0.458 e. The number of benzene rings is 1. The number of esters is 1. The number of nitrogens with zero attached hydrogens (tertiary/aromatic N) is 1. The number of hydrogen-bond acceptors (Lipinski definition) is 4. The van der Waals surface area contributed by atoms with Crippen LogP contribution in [0.1, 0.15) is 32.8 Å². The molecule has 1 aliphatic carbocycles. The van der Waals surface area contributed by atoms with E-state index in [1.165, 1.54) is 0 Å². The van der Waals surface area contributed by atoms with E-state index in [1.54, 1.807) is 0 Å². The number of ether oxygens (including phenoxy) is 1.